The van der Waals surface area contributed by atoms with Gasteiger partial charge in [0, 0.05) is 12.1 Å². The number of rotatable bonds is 7. The van der Waals surface area contributed by atoms with Crippen LogP contribution in [-0.2, 0) is 4.79 Å². The third-order valence-corrected chi connectivity index (χ3v) is 3.67. The van der Waals surface area contributed by atoms with Crippen LogP contribution in [0.25, 0.3) is 5.57 Å². The van der Waals surface area contributed by atoms with Gasteiger partial charge in [-0.1, -0.05) is 43.7 Å². The van der Waals surface area contributed by atoms with Crippen molar-refractivity contribution in [3.05, 3.63) is 53.6 Å². The van der Waals surface area contributed by atoms with Gasteiger partial charge in [0.15, 0.2) is 5.78 Å². The van der Waals surface area contributed by atoms with Gasteiger partial charge in [0.1, 0.15) is 0 Å². The third-order valence-electron chi connectivity index (χ3n) is 3.67. The molecule has 0 heterocycles. The van der Waals surface area contributed by atoms with Crippen molar-refractivity contribution in [2.24, 2.45) is 0 Å². The van der Waals surface area contributed by atoms with Crippen LogP contribution in [0.3, 0.4) is 0 Å². The molecule has 110 valence electrons. The van der Waals surface area contributed by atoms with E-state index in [9.17, 15) is 9.59 Å². The van der Waals surface area contributed by atoms with Crippen molar-refractivity contribution >= 4 is 17.3 Å². The summed E-state index contributed by atoms with van der Waals surface area (Å²) in [5.41, 5.74) is 2.70. The van der Waals surface area contributed by atoms with Crippen molar-refractivity contribution in [2.75, 3.05) is 6.54 Å². The van der Waals surface area contributed by atoms with E-state index in [0.717, 1.165) is 30.4 Å². The maximum Gasteiger partial charge on any atom is 0.255 e. The van der Waals surface area contributed by atoms with Gasteiger partial charge < -0.3 is 5.32 Å². The number of carbonyl (C=O) groups excluding carboxylic acids is 2. The lowest BCUT2D eigenvalue weighted by Crippen LogP contribution is -2.28. The first-order chi connectivity index (χ1) is 10.2. The number of nitrogens with one attached hydrogen (secondary N) is 1. The second-order valence-electron chi connectivity index (χ2n) is 5.17. The second kappa shape index (κ2) is 7.02. The molecular weight excluding hydrogens is 262 g/mol. The standard InChI is InChI=1S/C18H21NO2/c1-3-5-9-14-13-10-7-8-11-15(13)17(20)16(14)18(21)19-12-6-4-2/h3,7-8,10-11H,1,4-6,9,12H2,2H3,(H,19,21). The maximum absolute atomic E-state index is 12.5. The Labute approximate surface area is 125 Å². The van der Waals surface area contributed by atoms with E-state index in [1.54, 1.807) is 6.07 Å². The highest BCUT2D eigenvalue weighted by molar-refractivity contribution is 6.34. The molecule has 1 N–H and O–H groups in total. The number of benzene rings is 1. The van der Waals surface area contributed by atoms with Crippen LogP contribution < -0.4 is 5.32 Å². The highest BCUT2D eigenvalue weighted by Gasteiger charge is 2.32. The summed E-state index contributed by atoms with van der Waals surface area (Å²) in [7, 11) is 0. The first-order valence-electron chi connectivity index (χ1n) is 7.47. The Bertz CT molecular complexity index is 599. The fraction of sp³-hybridized carbons (Fsp3) is 0.333. The molecule has 0 fully saturated rings. The van der Waals surface area contributed by atoms with Crippen LogP contribution in [0.1, 0.15) is 48.5 Å². The predicted octanol–water partition coefficient (Wildman–Crippen LogP) is 3.52. The van der Waals surface area contributed by atoms with E-state index in [-0.39, 0.29) is 11.7 Å². The molecule has 1 aliphatic carbocycles. The molecule has 0 saturated heterocycles. The van der Waals surface area contributed by atoms with E-state index in [1.165, 1.54) is 0 Å². The van der Waals surface area contributed by atoms with Gasteiger partial charge in [-0.3, -0.25) is 9.59 Å². The Morgan fingerprint density at radius 1 is 1.29 bits per heavy atom. The molecule has 0 aliphatic heterocycles. The van der Waals surface area contributed by atoms with E-state index >= 15 is 0 Å². The van der Waals surface area contributed by atoms with E-state index in [2.05, 4.69) is 18.8 Å². The van der Waals surface area contributed by atoms with Crippen LogP contribution in [0.5, 0.6) is 0 Å². The first kappa shape index (κ1) is 15.2. The molecular formula is C18H21NO2. The molecule has 0 aromatic heterocycles. The number of amides is 1. The topological polar surface area (TPSA) is 46.2 Å². The molecule has 2 rings (SSSR count). The molecule has 21 heavy (non-hydrogen) atoms. The largest absolute Gasteiger partial charge is 0.352 e. The van der Waals surface area contributed by atoms with Gasteiger partial charge in [-0.15, -0.1) is 6.58 Å². The lowest BCUT2D eigenvalue weighted by Gasteiger charge is -2.07. The van der Waals surface area contributed by atoms with Crippen molar-refractivity contribution in [3.8, 4) is 0 Å². The molecule has 1 aromatic carbocycles. The molecule has 0 unspecified atom stereocenters. The van der Waals surface area contributed by atoms with Crippen molar-refractivity contribution in [3.63, 3.8) is 0 Å². The van der Waals surface area contributed by atoms with Gasteiger partial charge in [-0.2, -0.15) is 0 Å². The number of hydrogen-bond acceptors (Lipinski definition) is 2. The van der Waals surface area contributed by atoms with E-state index in [0.29, 0.717) is 24.1 Å². The highest BCUT2D eigenvalue weighted by Crippen LogP contribution is 2.35. The Balaban J connectivity index is 2.32. The molecule has 3 heteroatoms. The van der Waals surface area contributed by atoms with Gasteiger partial charge in [-0.25, -0.2) is 0 Å². The van der Waals surface area contributed by atoms with Crippen LogP contribution >= 0.6 is 0 Å². The number of unbranched alkanes of at least 4 members (excludes halogenated alkanes) is 1. The molecule has 0 atom stereocenters. The zero-order chi connectivity index (χ0) is 15.2. The zero-order valence-electron chi connectivity index (χ0n) is 12.4. The molecule has 0 spiro atoms. The fourth-order valence-corrected chi connectivity index (χ4v) is 2.56. The summed E-state index contributed by atoms with van der Waals surface area (Å²) < 4.78 is 0. The van der Waals surface area contributed by atoms with Crippen LogP contribution in [0.4, 0.5) is 0 Å². The first-order valence-corrected chi connectivity index (χ1v) is 7.47. The van der Waals surface area contributed by atoms with Gasteiger partial charge >= 0.3 is 0 Å². The molecule has 0 radical (unpaired) electrons. The summed E-state index contributed by atoms with van der Waals surface area (Å²) in [5.74, 6) is -0.401. The Morgan fingerprint density at radius 2 is 2.00 bits per heavy atom. The van der Waals surface area contributed by atoms with Crippen molar-refractivity contribution in [1.29, 1.82) is 0 Å². The molecule has 1 aliphatic rings. The fourth-order valence-electron chi connectivity index (χ4n) is 2.56. The minimum absolute atomic E-state index is 0.154. The van der Waals surface area contributed by atoms with Gasteiger partial charge in [0.05, 0.1) is 5.57 Å². The number of carbonyl (C=O) groups is 2. The van der Waals surface area contributed by atoms with Crippen LogP contribution in [0.15, 0.2) is 42.5 Å². The van der Waals surface area contributed by atoms with Crippen molar-refractivity contribution < 1.29 is 9.59 Å². The monoisotopic (exact) mass is 283 g/mol. The number of fused-ring (bicyclic) bond motifs is 1. The Kier molecular flexibility index (Phi) is 5.09. The molecule has 0 bridgehead atoms. The number of ketones is 1. The summed E-state index contributed by atoms with van der Waals surface area (Å²) in [5, 5.41) is 2.85. The van der Waals surface area contributed by atoms with Gasteiger partial charge in [-0.05, 0) is 30.4 Å². The molecule has 3 nitrogen and oxygen atoms in total. The number of hydrogen-bond donors (Lipinski definition) is 1. The number of Topliss-reactive ketones (excluding diaryl/α,β-unsaturated/α-hetero) is 1. The van der Waals surface area contributed by atoms with E-state index in [1.807, 2.05) is 24.3 Å². The van der Waals surface area contributed by atoms with E-state index < -0.39 is 0 Å². The van der Waals surface area contributed by atoms with Crippen molar-refractivity contribution in [1.82, 2.24) is 5.32 Å². The predicted molar refractivity (Wildman–Crippen MR) is 85.0 cm³/mol. The Morgan fingerprint density at radius 3 is 2.67 bits per heavy atom. The minimum atomic E-state index is -0.247. The average Bonchev–Trinajstić information content (AvgIpc) is 2.78. The highest BCUT2D eigenvalue weighted by atomic mass is 16.2. The second-order valence-corrected chi connectivity index (χ2v) is 5.17. The third kappa shape index (κ3) is 3.13. The summed E-state index contributed by atoms with van der Waals surface area (Å²) in [6.45, 7) is 6.39. The summed E-state index contributed by atoms with van der Waals surface area (Å²) in [6.07, 6.45) is 5.16. The van der Waals surface area contributed by atoms with Gasteiger partial charge in [0.2, 0.25) is 0 Å². The van der Waals surface area contributed by atoms with Crippen LogP contribution in [0.2, 0.25) is 0 Å². The molecule has 1 amide bonds. The Hall–Kier alpha value is -2.16. The van der Waals surface area contributed by atoms with Gasteiger partial charge in [0.25, 0.3) is 5.91 Å². The normalized spacial score (nSPS) is 13.3. The lowest BCUT2D eigenvalue weighted by molar-refractivity contribution is -0.117. The quantitative estimate of drug-likeness (QED) is 0.473. The summed E-state index contributed by atoms with van der Waals surface area (Å²) >= 11 is 0. The SMILES string of the molecule is C=CCCC1=C(C(=O)NCCCC)C(=O)c2ccccc21. The summed E-state index contributed by atoms with van der Waals surface area (Å²) in [4.78, 5) is 24.9. The van der Waals surface area contributed by atoms with Crippen LogP contribution in [0, 0.1) is 0 Å². The molecule has 0 saturated carbocycles. The minimum Gasteiger partial charge on any atom is -0.352 e. The summed E-state index contributed by atoms with van der Waals surface area (Å²) in [6, 6.07) is 7.44. The van der Waals surface area contributed by atoms with Crippen molar-refractivity contribution in [2.45, 2.75) is 32.6 Å². The smallest absolute Gasteiger partial charge is 0.255 e. The molecule has 1 aromatic rings. The maximum atomic E-state index is 12.5. The van der Waals surface area contributed by atoms with Crippen LogP contribution in [-0.4, -0.2) is 18.2 Å². The average molecular weight is 283 g/mol. The zero-order valence-corrected chi connectivity index (χ0v) is 12.4. The van der Waals surface area contributed by atoms with E-state index in [4.69, 9.17) is 0 Å². The lowest BCUT2D eigenvalue weighted by atomic mass is 10.0. The number of allylic oxidation sites excluding steroid dienone is 2.